The Morgan fingerprint density at radius 3 is 2.46 bits per heavy atom. The molecule has 2 aromatic heterocycles. The maximum atomic E-state index is 12.9. The lowest BCUT2D eigenvalue weighted by Gasteiger charge is -2.03. The van der Waals surface area contributed by atoms with Crippen molar-refractivity contribution in [3.8, 4) is 11.3 Å². The van der Waals surface area contributed by atoms with Crippen molar-refractivity contribution in [3.63, 3.8) is 0 Å². The molecule has 0 spiro atoms. The summed E-state index contributed by atoms with van der Waals surface area (Å²) in [5.74, 6) is -0.187. The molecule has 1 amide bonds. The lowest BCUT2D eigenvalue weighted by atomic mass is 10.1. The van der Waals surface area contributed by atoms with Crippen LogP contribution in [0.5, 0.6) is 0 Å². The Morgan fingerprint density at radius 2 is 1.75 bits per heavy atom. The number of thiazole rings is 1. The number of aromatic amines is 1. The van der Waals surface area contributed by atoms with Crippen LogP contribution >= 0.6 is 11.3 Å². The van der Waals surface area contributed by atoms with Crippen molar-refractivity contribution >= 4 is 33.8 Å². The van der Waals surface area contributed by atoms with Gasteiger partial charge in [-0.2, -0.15) is 0 Å². The molecule has 0 aliphatic carbocycles. The van der Waals surface area contributed by atoms with Crippen molar-refractivity contribution in [3.05, 3.63) is 89.6 Å². The summed E-state index contributed by atoms with van der Waals surface area (Å²) in [4.78, 5) is 21.2. The summed E-state index contributed by atoms with van der Waals surface area (Å²) in [5.41, 5.74) is 4.39. The minimum atomic E-state index is -0.187. The molecule has 0 saturated heterocycles. The van der Waals surface area contributed by atoms with Gasteiger partial charge < -0.3 is 10.6 Å². The van der Waals surface area contributed by atoms with Crippen LogP contribution in [0.15, 0.2) is 79.1 Å². The van der Waals surface area contributed by atoms with E-state index in [9.17, 15) is 4.79 Å². The minimum absolute atomic E-state index is 0.187. The first kappa shape index (κ1) is 17.9. The SMILES string of the molecule is Cc1ccc(Nc2nc(-c3ccccc3)c(C(=O)Nc3ccc[nH+]c3)s2)cc1. The number of H-pyrrole nitrogens is 1. The molecular formula is C22H19N4OS+. The summed E-state index contributed by atoms with van der Waals surface area (Å²) in [5, 5.41) is 6.90. The fraction of sp³-hybridized carbons (Fsp3) is 0.0455. The molecular weight excluding hydrogens is 368 g/mol. The highest BCUT2D eigenvalue weighted by Crippen LogP contribution is 2.33. The van der Waals surface area contributed by atoms with E-state index in [1.807, 2.05) is 73.7 Å². The molecule has 0 atom stereocenters. The molecule has 5 nitrogen and oxygen atoms in total. The van der Waals surface area contributed by atoms with Crippen molar-refractivity contribution in [2.75, 3.05) is 10.6 Å². The van der Waals surface area contributed by atoms with Crippen LogP contribution in [0.3, 0.4) is 0 Å². The summed E-state index contributed by atoms with van der Waals surface area (Å²) in [6.07, 6.45) is 3.54. The van der Waals surface area contributed by atoms with E-state index in [0.717, 1.165) is 11.3 Å². The highest BCUT2D eigenvalue weighted by atomic mass is 32.1. The van der Waals surface area contributed by atoms with Gasteiger partial charge in [-0.25, -0.2) is 9.97 Å². The normalized spacial score (nSPS) is 10.5. The molecule has 0 bridgehead atoms. The van der Waals surface area contributed by atoms with Crippen LogP contribution in [0.4, 0.5) is 16.5 Å². The fourth-order valence-corrected chi connectivity index (χ4v) is 3.64. The van der Waals surface area contributed by atoms with Crippen LogP contribution in [-0.2, 0) is 0 Å². The monoisotopic (exact) mass is 387 g/mol. The molecule has 138 valence electrons. The third kappa shape index (κ3) is 4.07. The van der Waals surface area contributed by atoms with E-state index < -0.39 is 0 Å². The van der Waals surface area contributed by atoms with E-state index in [1.54, 1.807) is 12.4 Å². The lowest BCUT2D eigenvalue weighted by Crippen LogP contribution is -2.13. The number of anilines is 3. The molecule has 3 N–H and O–H groups in total. The van der Waals surface area contributed by atoms with E-state index in [1.165, 1.54) is 16.9 Å². The standard InChI is InChI=1S/C22H18N4OS/c1-15-9-11-17(12-10-15)25-22-26-19(16-6-3-2-4-7-16)20(28-22)21(27)24-18-8-5-13-23-14-18/h2-14H,1H3,(H,24,27)(H,25,26)/p+1. The Morgan fingerprint density at radius 1 is 0.964 bits per heavy atom. The maximum absolute atomic E-state index is 12.9. The predicted octanol–water partition coefficient (Wildman–Crippen LogP) is 4.93. The van der Waals surface area contributed by atoms with Crippen molar-refractivity contribution in [1.29, 1.82) is 0 Å². The van der Waals surface area contributed by atoms with Crippen molar-refractivity contribution in [2.24, 2.45) is 0 Å². The second-order valence-electron chi connectivity index (χ2n) is 6.30. The molecule has 0 aliphatic heterocycles. The van der Waals surface area contributed by atoms with Gasteiger partial charge in [-0.1, -0.05) is 59.4 Å². The van der Waals surface area contributed by atoms with E-state index in [0.29, 0.717) is 21.4 Å². The molecule has 0 unspecified atom stereocenters. The topological polar surface area (TPSA) is 68.2 Å². The van der Waals surface area contributed by atoms with Crippen LogP contribution in [0, 0.1) is 6.92 Å². The summed E-state index contributed by atoms with van der Waals surface area (Å²) >= 11 is 1.34. The van der Waals surface area contributed by atoms with Crippen LogP contribution in [0.2, 0.25) is 0 Å². The zero-order chi connectivity index (χ0) is 19.3. The Kier molecular flexibility index (Phi) is 5.12. The number of benzene rings is 2. The van der Waals surface area contributed by atoms with Crippen LogP contribution in [-0.4, -0.2) is 10.9 Å². The number of carbonyl (C=O) groups excluding carboxylic acids is 1. The number of amides is 1. The van der Waals surface area contributed by atoms with Gasteiger partial charge in [0.25, 0.3) is 5.91 Å². The van der Waals surface area contributed by atoms with E-state index >= 15 is 0 Å². The number of hydrogen-bond acceptors (Lipinski definition) is 4. The van der Waals surface area contributed by atoms with Crippen molar-refractivity contribution in [2.45, 2.75) is 6.92 Å². The molecule has 0 fully saturated rings. The number of rotatable bonds is 5. The number of aryl methyl sites for hydroxylation is 1. The van der Waals surface area contributed by atoms with Crippen LogP contribution < -0.4 is 15.6 Å². The van der Waals surface area contributed by atoms with E-state index in [2.05, 4.69) is 15.6 Å². The van der Waals surface area contributed by atoms with Gasteiger partial charge in [0.1, 0.15) is 10.6 Å². The quantitative estimate of drug-likeness (QED) is 0.510. The van der Waals surface area contributed by atoms with Crippen LogP contribution in [0.25, 0.3) is 11.3 Å². The molecule has 28 heavy (non-hydrogen) atoms. The molecule has 6 heteroatoms. The van der Waals surface area contributed by atoms with Gasteiger partial charge in [-0.3, -0.25) is 4.79 Å². The lowest BCUT2D eigenvalue weighted by molar-refractivity contribution is -0.377. The Balaban J connectivity index is 1.68. The molecule has 0 aliphatic rings. The number of pyridine rings is 1. The summed E-state index contributed by atoms with van der Waals surface area (Å²) < 4.78 is 0. The number of nitrogens with zero attached hydrogens (tertiary/aromatic N) is 1. The number of carbonyl (C=O) groups is 1. The molecule has 2 aromatic carbocycles. The minimum Gasteiger partial charge on any atom is -0.332 e. The first-order valence-corrected chi connectivity index (χ1v) is 9.68. The number of hydrogen-bond donors (Lipinski definition) is 2. The molecule has 0 radical (unpaired) electrons. The van der Waals surface area contributed by atoms with E-state index in [4.69, 9.17) is 4.98 Å². The van der Waals surface area contributed by atoms with Crippen molar-refractivity contribution < 1.29 is 9.78 Å². The third-order valence-electron chi connectivity index (χ3n) is 4.15. The van der Waals surface area contributed by atoms with Gasteiger partial charge in [-0.05, 0) is 25.1 Å². The predicted molar refractivity (Wildman–Crippen MR) is 113 cm³/mol. The smallest absolute Gasteiger partial charge is 0.268 e. The Hall–Kier alpha value is -3.51. The zero-order valence-electron chi connectivity index (χ0n) is 15.3. The third-order valence-corrected chi connectivity index (χ3v) is 5.12. The zero-order valence-corrected chi connectivity index (χ0v) is 16.1. The van der Waals surface area contributed by atoms with Gasteiger partial charge >= 0.3 is 0 Å². The highest BCUT2D eigenvalue weighted by Gasteiger charge is 2.20. The number of aromatic nitrogens is 2. The number of nitrogens with one attached hydrogen (secondary N) is 3. The first-order chi connectivity index (χ1) is 13.7. The van der Waals surface area contributed by atoms with Crippen molar-refractivity contribution in [1.82, 2.24) is 4.98 Å². The molecule has 4 rings (SSSR count). The Labute approximate surface area is 167 Å². The maximum Gasteiger partial charge on any atom is 0.268 e. The molecule has 0 saturated carbocycles. The average molecular weight is 387 g/mol. The molecule has 4 aromatic rings. The van der Waals surface area contributed by atoms with Gasteiger partial charge in [0.2, 0.25) is 0 Å². The summed E-state index contributed by atoms with van der Waals surface area (Å²) in [6, 6.07) is 21.5. The average Bonchev–Trinajstić information content (AvgIpc) is 3.15. The fourth-order valence-electron chi connectivity index (χ4n) is 2.74. The van der Waals surface area contributed by atoms with Crippen LogP contribution in [0.1, 0.15) is 15.2 Å². The summed E-state index contributed by atoms with van der Waals surface area (Å²) in [6.45, 7) is 2.05. The first-order valence-electron chi connectivity index (χ1n) is 8.86. The molecule has 2 heterocycles. The van der Waals surface area contributed by atoms with Gasteiger partial charge in [-0.15, -0.1) is 0 Å². The van der Waals surface area contributed by atoms with Gasteiger partial charge in [0.05, 0.1) is 5.69 Å². The highest BCUT2D eigenvalue weighted by molar-refractivity contribution is 7.18. The van der Waals surface area contributed by atoms with E-state index in [-0.39, 0.29) is 5.91 Å². The second-order valence-corrected chi connectivity index (χ2v) is 7.30. The summed E-state index contributed by atoms with van der Waals surface area (Å²) in [7, 11) is 0. The second kappa shape index (κ2) is 8.02. The largest absolute Gasteiger partial charge is 0.332 e. The van der Waals surface area contributed by atoms with Gasteiger partial charge in [0, 0.05) is 17.3 Å². The Bertz CT molecular complexity index is 1080. The van der Waals surface area contributed by atoms with Gasteiger partial charge in [0.15, 0.2) is 17.5 Å².